The predicted octanol–water partition coefficient (Wildman–Crippen LogP) is 0.585. The van der Waals surface area contributed by atoms with E-state index in [1.165, 1.54) is 6.08 Å². The average molecular weight is 581 g/mol. The second-order valence-electron chi connectivity index (χ2n) is 10.6. The molecule has 2 fully saturated rings. The number of aliphatic hydroxyl groups is 6. The number of aliphatic hydroxyl groups excluding tert-OH is 6. The minimum atomic E-state index is -1.53. The maximum atomic E-state index is 12.1. The molecule has 11 heteroatoms. The number of hydrogen-bond acceptors (Lipinski definition) is 11. The lowest BCUT2D eigenvalue weighted by Crippen LogP contribution is -2.59. The highest BCUT2D eigenvalue weighted by molar-refractivity contribution is 5.82. The van der Waals surface area contributed by atoms with Crippen LogP contribution in [0.3, 0.4) is 0 Å². The summed E-state index contributed by atoms with van der Waals surface area (Å²) >= 11 is 0. The highest BCUT2D eigenvalue weighted by Gasteiger charge is 2.44. The van der Waals surface area contributed by atoms with Crippen molar-refractivity contribution in [2.75, 3.05) is 13.2 Å². The van der Waals surface area contributed by atoms with Gasteiger partial charge < -0.3 is 49.6 Å². The highest BCUT2D eigenvalue weighted by atomic mass is 16.7. The molecule has 2 bridgehead atoms. The molecule has 4 rings (SSSR count). The molecule has 0 spiro atoms. The Morgan fingerprint density at radius 1 is 0.878 bits per heavy atom. The molecular formula is C30H44O11. The van der Waals surface area contributed by atoms with Gasteiger partial charge in [0, 0.05) is 18.4 Å². The third-order valence-electron chi connectivity index (χ3n) is 7.22. The summed E-state index contributed by atoms with van der Waals surface area (Å²) in [6.45, 7) is 1.34. The zero-order valence-corrected chi connectivity index (χ0v) is 23.3. The van der Waals surface area contributed by atoms with Crippen molar-refractivity contribution in [3.05, 3.63) is 60.8 Å². The van der Waals surface area contributed by atoms with Crippen molar-refractivity contribution in [1.82, 2.24) is 0 Å². The molecule has 11 atom stereocenters. The number of ether oxygens (including phenoxy) is 4. The van der Waals surface area contributed by atoms with Crippen LogP contribution in [0.25, 0.3) is 0 Å². The van der Waals surface area contributed by atoms with Crippen molar-refractivity contribution in [2.24, 2.45) is 5.92 Å². The molecule has 0 radical (unpaired) electrons. The molecule has 11 nitrogen and oxygen atoms in total. The first-order chi connectivity index (χ1) is 19.7. The number of carbonyl (C=O) groups is 1. The van der Waals surface area contributed by atoms with Gasteiger partial charge >= 0.3 is 5.97 Å². The molecule has 6 N–H and O–H groups in total. The Morgan fingerprint density at radius 3 is 2.39 bits per heavy atom. The molecule has 230 valence electrons. The fraction of sp³-hybridized carbons (Fsp3) is 0.633. The van der Waals surface area contributed by atoms with Gasteiger partial charge in [0.25, 0.3) is 0 Å². The molecule has 0 saturated carbocycles. The molecule has 0 unspecified atom stereocenters. The van der Waals surface area contributed by atoms with Crippen LogP contribution >= 0.6 is 0 Å². The summed E-state index contributed by atoms with van der Waals surface area (Å²) in [7, 11) is 0. The first-order valence-electron chi connectivity index (χ1n) is 14.2. The number of esters is 1. The molecule has 4 heterocycles. The minimum Gasteiger partial charge on any atom is -0.460 e. The molecule has 2 saturated heterocycles. The number of allylic oxidation sites excluding steroid dienone is 6. The van der Waals surface area contributed by atoms with Gasteiger partial charge in [-0.2, -0.15) is 0 Å². The Bertz CT molecular complexity index is 943. The van der Waals surface area contributed by atoms with Gasteiger partial charge in [0.2, 0.25) is 0 Å². The lowest BCUT2D eigenvalue weighted by molar-refractivity contribution is -0.302. The number of hydrogen-bond donors (Lipinski definition) is 6. The largest absolute Gasteiger partial charge is 0.460 e. The van der Waals surface area contributed by atoms with Crippen LogP contribution in [0.4, 0.5) is 0 Å². The zero-order chi connectivity index (χ0) is 29.8. The summed E-state index contributed by atoms with van der Waals surface area (Å²) in [5.41, 5.74) is 0. The van der Waals surface area contributed by atoms with Crippen molar-refractivity contribution in [3.63, 3.8) is 0 Å². The van der Waals surface area contributed by atoms with Crippen LogP contribution in [0.2, 0.25) is 0 Å². The number of carbonyl (C=O) groups excluding carboxylic acids is 1. The number of fused-ring (bicyclic) bond motifs is 14. The van der Waals surface area contributed by atoms with Gasteiger partial charge in [0.05, 0.1) is 31.5 Å². The van der Waals surface area contributed by atoms with E-state index in [9.17, 15) is 35.4 Å². The molecule has 0 aromatic carbocycles. The second kappa shape index (κ2) is 17.1. The van der Waals surface area contributed by atoms with Crippen molar-refractivity contribution in [2.45, 2.75) is 100 Å². The Hall–Kier alpha value is -2.19. The molecule has 0 aromatic heterocycles. The molecule has 4 aliphatic heterocycles. The first-order valence-corrected chi connectivity index (χ1v) is 14.2. The van der Waals surface area contributed by atoms with Gasteiger partial charge in [-0.1, -0.05) is 54.7 Å². The van der Waals surface area contributed by atoms with Crippen LogP contribution in [0, 0.1) is 5.92 Å². The third kappa shape index (κ3) is 10.5. The molecule has 4 aliphatic rings. The van der Waals surface area contributed by atoms with Gasteiger partial charge in [-0.15, -0.1) is 0 Å². The standard InChI is InChI=1S/C30H44O11/c1-19-10-8-9-14-22-26(34)23(40-22)16-21(32)13-6-2-4-11-20(12-5-3-7-15-25(33)39-19)18-38-30-29(37)28(36)27(35)24(17-31)41-30/h2-7,9,11,14-15,19-24,26-32,34-37H,8,10,12-13,16-18H2,1H3/b5-3-,6-2-,11-4-,14-9-,15-7-/t19-,20+,21+,22+,23-,24-,26+,27-,28+,29-,30-/m1/s1. The van der Waals surface area contributed by atoms with E-state index in [2.05, 4.69) is 0 Å². The molecule has 0 aliphatic carbocycles. The summed E-state index contributed by atoms with van der Waals surface area (Å²) in [6, 6.07) is 0. The Balaban J connectivity index is 1.64. The maximum absolute atomic E-state index is 12.1. The van der Waals surface area contributed by atoms with E-state index in [0.29, 0.717) is 32.1 Å². The summed E-state index contributed by atoms with van der Waals surface area (Å²) in [5, 5.41) is 60.3. The SMILES string of the molecule is C[C@@H]1CC/C=C\[C@@H]2O[C@H](C[C@@H](O)C/C=C\C=C/[C@H](CO[C@@H]3O[C@H](CO)[C@@H](O)[C@H](O)[C@H]3O)C/C=C\C=C/C(=O)O1)[C@H]2O. The van der Waals surface area contributed by atoms with Crippen LogP contribution < -0.4 is 0 Å². The first kappa shape index (κ1) is 33.3. The summed E-state index contributed by atoms with van der Waals surface area (Å²) in [5.74, 6) is -0.672. The van der Waals surface area contributed by atoms with Crippen molar-refractivity contribution < 1.29 is 54.4 Å². The van der Waals surface area contributed by atoms with E-state index in [0.717, 1.165) is 0 Å². The summed E-state index contributed by atoms with van der Waals surface area (Å²) in [4.78, 5) is 12.1. The number of rotatable bonds is 4. The highest BCUT2D eigenvalue weighted by Crippen LogP contribution is 2.27. The van der Waals surface area contributed by atoms with E-state index >= 15 is 0 Å². The van der Waals surface area contributed by atoms with Crippen molar-refractivity contribution in [1.29, 1.82) is 0 Å². The van der Waals surface area contributed by atoms with E-state index in [1.807, 2.05) is 25.2 Å². The Morgan fingerprint density at radius 2 is 1.63 bits per heavy atom. The fourth-order valence-electron chi connectivity index (χ4n) is 4.69. The van der Waals surface area contributed by atoms with Crippen LogP contribution in [-0.2, 0) is 23.7 Å². The van der Waals surface area contributed by atoms with Gasteiger partial charge in [-0.25, -0.2) is 4.79 Å². The Labute approximate surface area is 240 Å². The van der Waals surface area contributed by atoms with Crippen LogP contribution in [-0.4, -0.2) is 111 Å². The van der Waals surface area contributed by atoms with Gasteiger partial charge in [0.15, 0.2) is 6.29 Å². The monoisotopic (exact) mass is 580 g/mol. The topological polar surface area (TPSA) is 175 Å². The molecule has 0 aromatic rings. The van der Waals surface area contributed by atoms with E-state index in [1.54, 1.807) is 36.5 Å². The average Bonchev–Trinajstić information content (AvgIpc) is 2.94. The van der Waals surface area contributed by atoms with Crippen molar-refractivity contribution in [3.8, 4) is 0 Å². The quantitative estimate of drug-likeness (QED) is 0.203. The molecular weight excluding hydrogens is 536 g/mol. The maximum Gasteiger partial charge on any atom is 0.331 e. The van der Waals surface area contributed by atoms with Crippen LogP contribution in [0.15, 0.2) is 60.8 Å². The smallest absolute Gasteiger partial charge is 0.331 e. The van der Waals surface area contributed by atoms with Crippen LogP contribution in [0.5, 0.6) is 0 Å². The zero-order valence-electron chi connectivity index (χ0n) is 23.3. The normalized spacial score (nSPS) is 43.6. The lowest BCUT2D eigenvalue weighted by atomic mass is 9.94. The third-order valence-corrected chi connectivity index (χ3v) is 7.22. The fourth-order valence-corrected chi connectivity index (χ4v) is 4.69. The second-order valence-corrected chi connectivity index (χ2v) is 10.6. The van der Waals surface area contributed by atoms with E-state index in [-0.39, 0.29) is 18.6 Å². The van der Waals surface area contributed by atoms with Gasteiger partial charge in [-0.3, -0.25) is 0 Å². The lowest BCUT2D eigenvalue weighted by Gasteiger charge is -2.41. The summed E-state index contributed by atoms with van der Waals surface area (Å²) < 4.78 is 22.2. The van der Waals surface area contributed by atoms with Gasteiger partial charge in [0.1, 0.15) is 36.6 Å². The predicted molar refractivity (Wildman–Crippen MR) is 148 cm³/mol. The van der Waals surface area contributed by atoms with Crippen molar-refractivity contribution >= 4 is 5.97 Å². The van der Waals surface area contributed by atoms with Gasteiger partial charge in [-0.05, 0) is 32.6 Å². The van der Waals surface area contributed by atoms with Crippen LogP contribution in [0.1, 0.15) is 39.0 Å². The van der Waals surface area contributed by atoms with E-state index in [4.69, 9.17) is 18.9 Å². The molecule has 0 amide bonds. The minimum absolute atomic E-state index is 0.0787. The van der Waals surface area contributed by atoms with E-state index < -0.39 is 67.7 Å². The summed E-state index contributed by atoms with van der Waals surface area (Å²) in [6.07, 6.45) is 10.5. The molecule has 41 heavy (non-hydrogen) atoms. The Kier molecular flexibility index (Phi) is 13.9.